The van der Waals surface area contributed by atoms with E-state index in [0.29, 0.717) is 17.9 Å². The normalized spacial score (nSPS) is 11.5. The van der Waals surface area contributed by atoms with Crippen LogP contribution in [0.3, 0.4) is 0 Å². The number of fused-ring (bicyclic) bond motifs is 1. The second kappa shape index (κ2) is 9.21. The van der Waals surface area contributed by atoms with Crippen molar-refractivity contribution >= 4 is 48.9 Å². The van der Waals surface area contributed by atoms with E-state index in [1.165, 1.54) is 12.1 Å². The number of nitrogens with one attached hydrogen (secondary N) is 1. The van der Waals surface area contributed by atoms with E-state index in [4.69, 9.17) is 0 Å². The monoisotopic (exact) mass is 481 g/mol. The van der Waals surface area contributed by atoms with Crippen LogP contribution in [-0.2, 0) is 21.4 Å². The van der Waals surface area contributed by atoms with Gasteiger partial charge in [-0.05, 0) is 55.8 Å². The predicted octanol–water partition coefficient (Wildman–Crippen LogP) is 4.23. The van der Waals surface area contributed by atoms with E-state index in [1.807, 2.05) is 13.0 Å². The third-order valence-electron chi connectivity index (χ3n) is 5.27. The molecule has 0 unspecified atom stereocenters. The third kappa shape index (κ3) is 4.55. The first-order chi connectivity index (χ1) is 15.8. The largest absolute Gasteiger partial charge is 0.324 e. The van der Waals surface area contributed by atoms with Crippen molar-refractivity contribution in [1.82, 2.24) is 4.57 Å². The minimum Gasteiger partial charge on any atom is -0.324 e. The lowest BCUT2D eigenvalue weighted by molar-refractivity contribution is -0.114. The highest BCUT2D eigenvalue weighted by Crippen LogP contribution is 2.27. The zero-order valence-electron chi connectivity index (χ0n) is 18.2. The molecule has 1 N–H and O–H groups in total. The van der Waals surface area contributed by atoms with E-state index in [0.717, 1.165) is 31.4 Å². The van der Waals surface area contributed by atoms with Crippen molar-refractivity contribution in [3.8, 4) is 0 Å². The molecule has 0 aliphatic rings. The number of para-hydroxylation sites is 1. The maximum absolute atomic E-state index is 13.4. The number of carbonyl (C=O) groups excluding carboxylic acids is 1. The Morgan fingerprint density at radius 3 is 2.42 bits per heavy atom. The van der Waals surface area contributed by atoms with Crippen LogP contribution in [0, 0.1) is 6.92 Å². The van der Waals surface area contributed by atoms with Gasteiger partial charge in [-0.25, -0.2) is 8.42 Å². The highest BCUT2D eigenvalue weighted by Gasteiger charge is 2.28. The summed E-state index contributed by atoms with van der Waals surface area (Å²) in [6.45, 7) is 3.87. The zero-order valence-corrected chi connectivity index (χ0v) is 19.8. The van der Waals surface area contributed by atoms with Gasteiger partial charge in [-0.3, -0.25) is 18.5 Å². The molecule has 4 aromatic rings. The molecule has 0 aliphatic heterocycles. The van der Waals surface area contributed by atoms with E-state index < -0.39 is 22.5 Å². The Morgan fingerprint density at radius 1 is 1.03 bits per heavy atom. The van der Waals surface area contributed by atoms with E-state index in [1.54, 1.807) is 66.1 Å². The Bertz CT molecular complexity index is 1470. The van der Waals surface area contributed by atoms with Crippen molar-refractivity contribution in [1.29, 1.82) is 0 Å². The number of anilines is 2. The van der Waals surface area contributed by atoms with Crippen LogP contribution in [0.4, 0.5) is 11.4 Å². The topological polar surface area (TPSA) is 88.5 Å². The summed E-state index contributed by atoms with van der Waals surface area (Å²) in [6.07, 6.45) is 0. The molecule has 0 bridgehead atoms. The van der Waals surface area contributed by atoms with Gasteiger partial charge < -0.3 is 5.32 Å². The molecule has 0 saturated carbocycles. The Balaban J connectivity index is 1.65. The summed E-state index contributed by atoms with van der Waals surface area (Å²) in [7, 11) is -3.97. The number of sulfonamides is 1. The van der Waals surface area contributed by atoms with Gasteiger partial charge in [-0.1, -0.05) is 47.7 Å². The Hall–Kier alpha value is -3.43. The molecule has 0 fully saturated rings. The molecule has 170 valence electrons. The lowest BCUT2D eigenvalue weighted by atomic mass is 10.2. The van der Waals surface area contributed by atoms with Crippen molar-refractivity contribution in [3.05, 3.63) is 88.0 Å². The highest BCUT2D eigenvalue weighted by atomic mass is 32.2. The van der Waals surface area contributed by atoms with Crippen molar-refractivity contribution in [2.24, 2.45) is 0 Å². The van der Waals surface area contributed by atoms with E-state index in [-0.39, 0.29) is 9.77 Å². The number of amides is 1. The van der Waals surface area contributed by atoms with Gasteiger partial charge in [0.05, 0.1) is 20.8 Å². The zero-order chi connectivity index (χ0) is 23.6. The van der Waals surface area contributed by atoms with Crippen LogP contribution < -0.4 is 14.5 Å². The molecular formula is C24H23N3O4S2. The van der Waals surface area contributed by atoms with Crippen LogP contribution >= 0.6 is 11.3 Å². The predicted molar refractivity (Wildman–Crippen MR) is 133 cm³/mol. The van der Waals surface area contributed by atoms with E-state index in [2.05, 4.69) is 5.32 Å². The van der Waals surface area contributed by atoms with E-state index >= 15 is 0 Å². The van der Waals surface area contributed by atoms with Crippen molar-refractivity contribution in [3.63, 3.8) is 0 Å². The number of thiazole rings is 1. The molecule has 0 spiro atoms. The molecule has 1 aromatic heterocycles. The maximum atomic E-state index is 13.4. The molecule has 3 aromatic carbocycles. The fourth-order valence-corrected chi connectivity index (χ4v) is 6.14. The van der Waals surface area contributed by atoms with Crippen LogP contribution in [-0.4, -0.2) is 25.4 Å². The Morgan fingerprint density at radius 2 is 1.73 bits per heavy atom. The molecule has 0 radical (unpaired) electrons. The maximum Gasteiger partial charge on any atom is 0.308 e. The molecule has 33 heavy (non-hydrogen) atoms. The molecule has 4 rings (SSSR count). The number of nitrogens with zero attached hydrogens (tertiary/aromatic N) is 2. The van der Waals surface area contributed by atoms with Gasteiger partial charge in [-0.15, -0.1) is 0 Å². The average molecular weight is 482 g/mol. The minimum absolute atomic E-state index is 0.0596. The number of benzene rings is 3. The van der Waals surface area contributed by atoms with Gasteiger partial charge in [-0.2, -0.15) is 0 Å². The standard InChI is InChI=1S/C24H23N3O4S2/c1-3-26-21-14-13-18(15-22(21)32-24(26)29)25-23(28)16-27(20-12-8-7-9-17(20)2)33(30,31)19-10-5-4-6-11-19/h4-15H,3,16H2,1-2H3,(H,25,28). The Labute approximate surface area is 196 Å². The summed E-state index contributed by atoms with van der Waals surface area (Å²) in [6, 6.07) is 20.3. The summed E-state index contributed by atoms with van der Waals surface area (Å²) < 4.78 is 30.4. The fourth-order valence-electron chi connectivity index (χ4n) is 3.64. The molecule has 0 atom stereocenters. The summed E-state index contributed by atoms with van der Waals surface area (Å²) >= 11 is 1.11. The van der Waals surface area contributed by atoms with Crippen LogP contribution in [0.5, 0.6) is 0 Å². The second-order valence-corrected chi connectivity index (χ2v) is 10.3. The number of hydrogen-bond donors (Lipinski definition) is 1. The molecular weight excluding hydrogens is 458 g/mol. The number of carbonyl (C=O) groups is 1. The molecule has 0 saturated heterocycles. The lowest BCUT2D eigenvalue weighted by Gasteiger charge is -2.25. The Kier molecular flexibility index (Phi) is 6.35. The SMILES string of the molecule is CCn1c(=O)sc2cc(NC(=O)CN(c3ccccc3C)S(=O)(=O)c3ccccc3)ccc21. The van der Waals surface area contributed by atoms with Gasteiger partial charge in [0.15, 0.2) is 0 Å². The van der Waals surface area contributed by atoms with E-state index in [9.17, 15) is 18.0 Å². The quantitative estimate of drug-likeness (QED) is 0.428. The molecule has 0 aliphatic carbocycles. The van der Waals surface area contributed by atoms with Gasteiger partial charge in [0, 0.05) is 12.2 Å². The van der Waals surface area contributed by atoms with Gasteiger partial charge in [0.2, 0.25) is 5.91 Å². The summed E-state index contributed by atoms with van der Waals surface area (Å²) in [4.78, 5) is 25.1. The number of aryl methyl sites for hydroxylation is 2. The van der Waals surface area contributed by atoms with Crippen molar-refractivity contribution in [2.45, 2.75) is 25.3 Å². The van der Waals surface area contributed by atoms with Gasteiger partial charge >= 0.3 is 4.87 Å². The number of hydrogen-bond acceptors (Lipinski definition) is 5. The van der Waals surface area contributed by atoms with Crippen LogP contribution in [0.15, 0.2) is 82.5 Å². The van der Waals surface area contributed by atoms with Crippen molar-refractivity contribution < 1.29 is 13.2 Å². The number of rotatable bonds is 7. The van der Waals surface area contributed by atoms with Crippen molar-refractivity contribution in [2.75, 3.05) is 16.2 Å². The van der Waals surface area contributed by atoms with Gasteiger partial charge in [0.1, 0.15) is 6.54 Å². The summed E-state index contributed by atoms with van der Waals surface area (Å²) in [5.41, 5.74) is 2.47. The summed E-state index contributed by atoms with van der Waals surface area (Å²) in [5, 5.41) is 2.77. The summed E-state index contributed by atoms with van der Waals surface area (Å²) in [5.74, 6) is -0.487. The van der Waals surface area contributed by atoms with Crippen LogP contribution in [0.25, 0.3) is 10.2 Å². The number of aromatic nitrogens is 1. The first kappa shape index (κ1) is 22.8. The van der Waals surface area contributed by atoms with Gasteiger partial charge in [0.25, 0.3) is 10.0 Å². The molecule has 7 nitrogen and oxygen atoms in total. The second-order valence-electron chi connectivity index (χ2n) is 7.45. The smallest absolute Gasteiger partial charge is 0.308 e. The first-order valence-electron chi connectivity index (χ1n) is 10.4. The third-order valence-corrected chi connectivity index (χ3v) is 7.99. The minimum atomic E-state index is -3.97. The average Bonchev–Trinajstić information content (AvgIpc) is 3.12. The molecule has 9 heteroatoms. The molecule has 1 amide bonds. The fraction of sp³-hybridized carbons (Fsp3) is 0.167. The first-order valence-corrected chi connectivity index (χ1v) is 12.6. The van der Waals surface area contributed by atoms with Crippen LogP contribution in [0.2, 0.25) is 0 Å². The lowest BCUT2D eigenvalue weighted by Crippen LogP contribution is -2.38. The molecule has 1 heterocycles. The highest BCUT2D eigenvalue weighted by molar-refractivity contribution is 7.92. The van der Waals surface area contributed by atoms with Crippen LogP contribution in [0.1, 0.15) is 12.5 Å².